The summed E-state index contributed by atoms with van der Waals surface area (Å²) in [5, 5.41) is 7.68. The summed E-state index contributed by atoms with van der Waals surface area (Å²) in [7, 11) is 4.06. The van der Waals surface area contributed by atoms with Gasteiger partial charge in [0, 0.05) is 40.9 Å². The Kier molecular flexibility index (Phi) is 6.46. The molecule has 0 atom stereocenters. The third-order valence-corrected chi connectivity index (χ3v) is 5.94. The molecule has 2 N–H and O–H groups in total. The molecule has 0 saturated heterocycles. The average molecular weight is 467 g/mol. The van der Waals surface area contributed by atoms with Gasteiger partial charge in [0.15, 0.2) is 5.78 Å². The van der Waals surface area contributed by atoms with Crippen LogP contribution in [0.3, 0.4) is 0 Å². The van der Waals surface area contributed by atoms with Crippen molar-refractivity contribution >= 4 is 44.0 Å². The van der Waals surface area contributed by atoms with E-state index in [1.54, 1.807) is 6.20 Å². The topological polar surface area (TPSA) is 57.3 Å². The van der Waals surface area contributed by atoms with E-state index in [4.69, 9.17) is 0 Å². The Morgan fingerprint density at radius 3 is 2.83 bits per heavy atom. The number of Topliss-reactive ketones (excluding diaryl/α,β-unsaturated/α-hetero) is 1. The predicted molar refractivity (Wildman–Crippen MR) is 126 cm³/mol. The van der Waals surface area contributed by atoms with E-state index in [0.29, 0.717) is 5.56 Å². The van der Waals surface area contributed by atoms with Gasteiger partial charge in [0.1, 0.15) is 0 Å². The standard InChI is InChI=1S/C24H27BrN4O/c1-26-15-29(2)11-10-16-4-3-5-19(12-16)28-23-20-13-18(25)8-9-22(20)27-14-21(23)24(30)17-6-7-17/h3-5,8-9,12-14,17,26H,6-7,10-11,15H2,1-2H3,(H,27,28). The largest absolute Gasteiger partial charge is 0.354 e. The summed E-state index contributed by atoms with van der Waals surface area (Å²) in [5.74, 6) is 0.336. The maximum atomic E-state index is 12.9. The van der Waals surface area contributed by atoms with Crippen molar-refractivity contribution < 1.29 is 4.79 Å². The Hall–Kier alpha value is -2.28. The number of carbonyl (C=O) groups is 1. The van der Waals surface area contributed by atoms with Gasteiger partial charge in [-0.3, -0.25) is 14.7 Å². The van der Waals surface area contributed by atoms with Gasteiger partial charge in [-0.2, -0.15) is 0 Å². The first-order chi connectivity index (χ1) is 14.5. The van der Waals surface area contributed by atoms with Crippen LogP contribution in [0.15, 0.2) is 53.1 Å². The molecule has 1 heterocycles. The second-order valence-electron chi connectivity index (χ2n) is 8.01. The van der Waals surface area contributed by atoms with Crippen LogP contribution < -0.4 is 10.6 Å². The number of nitrogens with zero attached hydrogens (tertiary/aromatic N) is 2. The van der Waals surface area contributed by atoms with Gasteiger partial charge in [0.05, 0.1) is 16.8 Å². The quantitative estimate of drug-likeness (QED) is 0.343. The number of hydrogen-bond acceptors (Lipinski definition) is 5. The number of rotatable bonds is 9. The molecule has 1 aliphatic rings. The molecule has 0 spiro atoms. The van der Waals surface area contributed by atoms with Crippen LogP contribution >= 0.6 is 15.9 Å². The number of hydrogen-bond donors (Lipinski definition) is 2. The summed E-state index contributed by atoms with van der Waals surface area (Å²) < 4.78 is 0.970. The molecule has 0 amide bonds. The zero-order chi connectivity index (χ0) is 21.1. The van der Waals surface area contributed by atoms with E-state index in [1.807, 2.05) is 25.2 Å². The van der Waals surface area contributed by atoms with Gasteiger partial charge in [0.25, 0.3) is 0 Å². The SMILES string of the molecule is CNCN(C)CCc1cccc(Nc2c(C(=O)C3CC3)cnc3ccc(Br)cc23)c1. The van der Waals surface area contributed by atoms with Crippen molar-refractivity contribution in [2.75, 3.05) is 32.6 Å². The molecule has 6 heteroatoms. The van der Waals surface area contributed by atoms with Crippen LogP contribution in [0.4, 0.5) is 11.4 Å². The molecule has 2 aromatic carbocycles. The summed E-state index contributed by atoms with van der Waals surface area (Å²) in [4.78, 5) is 19.7. The third kappa shape index (κ3) is 4.89. The van der Waals surface area contributed by atoms with Gasteiger partial charge in [-0.25, -0.2) is 0 Å². The van der Waals surface area contributed by atoms with E-state index in [2.05, 4.69) is 67.8 Å². The molecule has 1 aliphatic carbocycles. The molecule has 0 unspecified atom stereocenters. The number of likely N-dealkylation sites (N-methyl/N-ethyl adjacent to an activating group) is 1. The maximum absolute atomic E-state index is 12.9. The second-order valence-corrected chi connectivity index (χ2v) is 8.93. The number of carbonyl (C=O) groups excluding carboxylic acids is 1. The molecule has 3 aromatic rings. The molecule has 1 aromatic heterocycles. The first-order valence-electron chi connectivity index (χ1n) is 10.4. The molecule has 1 saturated carbocycles. The van der Waals surface area contributed by atoms with Gasteiger partial charge in [0.2, 0.25) is 0 Å². The monoisotopic (exact) mass is 466 g/mol. The molecule has 4 rings (SSSR count). The molecule has 5 nitrogen and oxygen atoms in total. The van der Waals surface area contributed by atoms with Crippen molar-refractivity contribution in [2.45, 2.75) is 19.3 Å². The minimum Gasteiger partial charge on any atom is -0.354 e. The zero-order valence-electron chi connectivity index (χ0n) is 17.4. The summed E-state index contributed by atoms with van der Waals surface area (Å²) in [6.07, 6.45) is 4.65. The Labute approximate surface area is 186 Å². The maximum Gasteiger partial charge on any atom is 0.169 e. The Morgan fingerprint density at radius 1 is 1.23 bits per heavy atom. The first kappa shape index (κ1) is 21.0. The third-order valence-electron chi connectivity index (χ3n) is 5.45. The Balaban J connectivity index is 1.65. The lowest BCUT2D eigenvalue weighted by molar-refractivity contribution is 0.0968. The summed E-state index contributed by atoms with van der Waals surface area (Å²) in [6.45, 7) is 1.84. The van der Waals surface area contributed by atoms with Gasteiger partial charge in [-0.1, -0.05) is 28.1 Å². The highest BCUT2D eigenvalue weighted by atomic mass is 79.9. The van der Waals surface area contributed by atoms with Crippen LogP contribution in [-0.2, 0) is 6.42 Å². The van der Waals surface area contributed by atoms with Crippen molar-refractivity contribution in [3.63, 3.8) is 0 Å². The van der Waals surface area contributed by atoms with Crippen LogP contribution in [0.5, 0.6) is 0 Å². The van der Waals surface area contributed by atoms with Gasteiger partial charge in [-0.05, 0) is 69.3 Å². The van der Waals surface area contributed by atoms with Crippen LogP contribution in [0.1, 0.15) is 28.8 Å². The second kappa shape index (κ2) is 9.25. The number of halogens is 1. The highest BCUT2D eigenvalue weighted by molar-refractivity contribution is 9.10. The van der Waals surface area contributed by atoms with E-state index in [-0.39, 0.29) is 11.7 Å². The first-order valence-corrected chi connectivity index (χ1v) is 11.2. The minimum absolute atomic E-state index is 0.144. The lowest BCUT2D eigenvalue weighted by Gasteiger charge is -2.17. The molecule has 30 heavy (non-hydrogen) atoms. The number of anilines is 2. The summed E-state index contributed by atoms with van der Waals surface area (Å²) in [6, 6.07) is 14.4. The molecular formula is C24H27BrN4O. The van der Waals surface area contributed by atoms with E-state index in [0.717, 1.165) is 59.2 Å². The van der Waals surface area contributed by atoms with Gasteiger partial charge >= 0.3 is 0 Å². The molecule has 0 aliphatic heterocycles. The lowest BCUT2D eigenvalue weighted by atomic mass is 10.0. The van der Waals surface area contributed by atoms with Crippen molar-refractivity contribution in [3.8, 4) is 0 Å². The number of pyridine rings is 1. The van der Waals surface area contributed by atoms with Gasteiger partial charge < -0.3 is 10.6 Å². The fourth-order valence-corrected chi connectivity index (χ4v) is 4.03. The average Bonchev–Trinajstić information content (AvgIpc) is 3.58. The summed E-state index contributed by atoms with van der Waals surface area (Å²) >= 11 is 3.56. The zero-order valence-corrected chi connectivity index (χ0v) is 19.0. The van der Waals surface area contributed by atoms with E-state index >= 15 is 0 Å². The lowest BCUT2D eigenvalue weighted by Crippen LogP contribution is -2.30. The number of nitrogens with one attached hydrogen (secondary N) is 2. The summed E-state index contributed by atoms with van der Waals surface area (Å²) in [5.41, 5.74) is 4.65. The van der Waals surface area contributed by atoms with E-state index in [9.17, 15) is 4.79 Å². The number of aromatic nitrogens is 1. The molecule has 0 radical (unpaired) electrons. The Bertz CT molecular complexity index is 1060. The number of benzene rings is 2. The molecule has 0 bridgehead atoms. The van der Waals surface area contributed by atoms with Crippen LogP contribution in [0, 0.1) is 5.92 Å². The number of fused-ring (bicyclic) bond motifs is 1. The fraction of sp³-hybridized carbons (Fsp3) is 0.333. The molecule has 156 valence electrons. The Morgan fingerprint density at radius 2 is 2.07 bits per heavy atom. The van der Waals surface area contributed by atoms with Crippen molar-refractivity contribution in [1.82, 2.24) is 15.2 Å². The van der Waals surface area contributed by atoms with E-state index in [1.165, 1.54) is 5.56 Å². The van der Waals surface area contributed by atoms with Crippen molar-refractivity contribution in [1.29, 1.82) is 0 Å². The fourth-order valence-electron chi connectivity index (χ4n) is 3.67. The smallest absolute Gasteiger partial charge is 0.169 e. The van der Waals surface area contributed by atoms with Crippen LogP contribution in [-0.4, -0.2) is 43.0 Å². The van der Waals surface area contributed by atoms with Gasteiger partial charge in [-0.15, -0.1) is 0 Å². The normalized spacial score (nSPS) is 13.7. The molecule has 1 fully saturated rings. The van der Waals surface area contributed by atoms with Crippen molar-refractivity contribution in [3.05, 3.63) is 64.3 Å². The minimum atomic E-state index is 0.144. The predicted octanol–water partition coefficient (Wildman–Crippen LogP) is 4.98. The molecular weight excluding hydrogens is 440 g/mol. The van der Waals surface area contributed by atoms with E-state index < -0.39 is 0 Å². The number of ketones is 1. The highest BCUT2D eigenvalue weighted by Gasteiger charge is 2.32. The highest BCUT2D eigenvalue weighted by Crippen LogP contribution is 2.38. The van der Waals surface area contributed by atoms with Crippen LogP contribution in [0.2, 0.25) is 0 Å². The van der Waals surface area contributed by atoms with Crippen molar-refractivity contribution in [2.24, 2.45) is 5.92 Å². The van der Waals surface area contributed by atoms with Crippen LogP contribution in [0.25, 0.3) is 10.9 Å².